The molecule has 0 bridgehead atoms. The quantitative estimate of drug-likeness (QED) is 0.531. The molecular formula is C17H20N8O5. The fourth-order valence-corrected chi connectivity index (χ4v) is 2.60. The molecule has 158 valence electrons. The first kappa shape index (κ1) is 20.6. The second-order valence-corrected chi connectivity index (χ2v) is 6.24. The number of nitrogen functional groups attached to an aromatic ring is 1. The summed E-state index contributed by atoms with van der Waals surface area (Å²) in [5.41, 5.74) is 5.57. The van der Waals surface area contributed by atoms with Crippen molar-refractivity contribution in [2.24, 2.45) is 21.1 Å². The van der Waals surface area contributed by atoms with Crippen molar-refractivity contribution < 1.29 is 23.9 Å². The number of hydrogen-bond acceptors (Lipinski definition) is 9. The van der Waals surface area contributed by atoms with E-state index < -0.39 is 17.8 Å². The number of esters is 2. The molecule has 1 amide bonds. The van der Waals surface area contributed by atoms with Crippen molar-refractivity contribution in [1.82, 2.24) is 28.7 Å². The number of amides is 1. The summed E-state index contributed by atoms with van der Waals surface area (Å²) in [6.07, 6.45) is 4.29. The molecule has 0 aliphatic heterocycles. The van der Waals surface area contributed by atoms with Gasteiger partial charge in [-0.1, -0.05) is 0 Å². The van der Waals surface area contributed by atoms with Gasteiger partial charge in [-0.3, -0.25) is 4.79 Å². The van der Waals surface area contributed by atoms with Crippen LogP contribution in [0.3, 0.4) is 0 Å². The highest BCUT2D eigenvalue weighted by Gasteiger charge is 2.22. The minimum Gasteiger partial charge on any atom is -0.460 e. The van der Waals surface area contributed by atoms with Gasteiger partial charge < -0.3 is 34.2 Å². The van der Waals surface area contributed by atoms with Crippen LogP contribution < -0.4 is 15.8 Å². The number of nitrogens with one attached hydrogen (secondary N) is 1. The topological polar surface area (TPSA) is 161 Å². The van der Waals surface area contributed by atoms with Crippen molar-refractivity contribution >= 4 is 29.5 Å². The summed E-state index contributed by atoms with van der Waals surface area (Å²) in [7, 11) is 4.74. The number of rotatable bonds is 6. The van der Waals surface area contributed by atoms with Crippen molar-refractivity contribution in [2.75, 3.05) is 17.7 Å². The van der Waals surface area contributed by atoms with Gasteiger partial charge >= 0.3 is 11.9 Å². The first-order chi connectivity index (χ1) is 14.2. The Balaban J connectivity index is 1.73. The molecule has 0 atom stereocenters. The third-order valence-corrected chi connectivity index (χ3v) is 3.91. The largest absolute Gasteiger partial charge is 0.460 e. The fraction of sp³-hybridized carbons (Fsp3) is 0.294. The molecule has 0 spiro atoms. The van der Waals surface area contributed by atoms with E-state index in [2.05, 4.69) is 20.3 Å². The summed E-state index contributed by atoms with van der Waals surface area (Å²) in [4.78, 5) is 48.5. The van der Waals surface area contributed by atoms with Crippen LogP contribution >= 0.6 is 0 Å². The zero-order valence-electron chi connectivity index (χ0n) is 16.7. The second kappa shape index (κ2) is 8.06. The van der Waals surface area contributed by atoms with Gasteiger partial charge in [0.1, 0.15) is 5.82 Å². The van der Waals surface area contributed by atoms with E-state index in [9.17, 15) is 14.4 Å². The first-order valence-corrected chi connectivity index (χ1v) is 8.75. The number of nitrogens with two attached hydrogens (primary N) is 1. The normalized spacial score (nSPS) is 10.7. The standard InChI is InChI=1S/C17H20N8O5/c1-5-29-16(27)13-22-11(8-25(13)4)30-17(28)14-20-10(7-24(14)3)21-15(26)12-19-9(18)6-23(12)2/h6-8H,5,18H2,1-4H3,(H,21,26). The molecule has 3 rings (SSSR count). The van der Waals surface area contributed by atoms with Gasteiger partial charge in [0, 0.05) is 33.5 Å². The smallest absolute Gasteiger partial charge is 0.381 e. The molecule has 30 heavy (non-hydrogen) atoms. The van der Waals surface area contributed by atoms with Gasteiger partial charge in [-0.15, -0.1) is 0 Å². The Labute approximate surface area is 170 Å². The predicted molar refractivity (Wildman–Crippen MR) is 103 cm³/mol. The van der Waals surface area contributed by atoms with Gasteiger partial charge in [0.25, 0.3) is 5.91 Å². The van der Waals surface area contributed by atoms with E-state index in [4.69, 9.17) is 15.2 Å². The minimum absolute atomic E-state index is 0.0122. The summed E-state index contributed by atoms with van der Waals surface area (Å²) in [6, 6.07) is 0. The SMILES string of the molecule is CCOC(=O)c1nc(OC(=O)c2nc(NC(=O)c3nc(N)cn3C)cn2C)cn1C. The maximum absolute atomic E-state index is 12.5. The van der Waals surface area contributed by atoms with Gasteiger partial charge in [-0.25, -0.2) is 19.6 Å². The molecule has 0 radical (unpaired) electrons. The van der Waals surface area contributed by atoms with Crippen molar-refractivity contribution in [3.63, 3.8) is 0 Å². The molecule has 3 heterocycles. The minimum atomic E-state index is -0.826. The van der Waals surface area contributed by atoms with Gasteiger partial charge in [-0.2, -0.15) is 4.98 Å². The summed E-state index contributed by atoms with van der Waals surface area (Å²) < 4.78 is 14.3. The number of carbonyl (C=O) groups excluding carboxylic acids is 3. The average Bonchev–Trinajstić information content (AvgIpc) is 3.31. The lowest BCUT2D eigenvalue weighted by Gasteiger charge is -2.01. The van der Waals surface area contributed by atoms with E-state index in [0.29, 0.717) is 0 Å². The average molecular weight is 416 g/mol. The van der Waals surface area contributed by atoms with E-state index in [1.54, 1.807) is 28.1 Å². The van der Waals surface area contributed by atoms with Gasteiger partial charge in [0.2, 0.25) is 23.4 Å². The highest BCUT2D eigenvalue weighted by Crippen LogP contribution is 2.15. The Hall–Kier alpha value is -4.16. The fourth-order valence-electron chi connectivity index (χ4n) is 2.60. The number of aryl methyl sites for hydroxylation is 3. The van der Waals surface area contributed by atoms with E-state index in [1.165, 1.54) is 32.3 Å². The molecule has 13 heteroatoms. The Morgan fingerprint density at radius 2 is 1.57 bits per heavy atom. The van der Waals surface area contributed by atoms with Crippen LogP contribution in [0.2, 0.25) is 0 Å². The van der Waals surface area contributed by atoms with Crippen molar-refractivity contribution in [2.45, 2.75) is 6.92 Å². The molecule has 0 aromatic carbocycles. The number of aromatic nitrogens is 6. The summed E-state index contributed by atoms with van der Waals surface area (Å²) in [5.74, 6) is -1.81. The summed E-state index contributed by atoms with van der Waals surface area (Å²) in [5, 5.41) is 2.54. The van der Waals surface area contributed by atoms with Gasteiger partial charge in [0.15, 0.2) is 5.82 Å². The third kappa shape index (κ3) is 4.14. The van der Waals surface area contributed by atoms with Crippen molar-refractivity contribution in [3.05, 3.63) is 36.1 Å². The molecular weight excluding hydrogens is 396 g/mol. The Morgan fingerprint density at radius 3 is 2.20 bits per heavy atom. The number of nitrogens with zero attached hydrogens (tertiary/aromatic N) is 6. The third-order valence-electron chi connectivity index (χ3n) is 3.91. The molecule has 0 saturated carbocycles. The van der Waals surface area contributed by atoms with Crippen LogP contribution in [0, 0.1) is 0 Å². The monoisotopic (exact) mass is 416 g/mol. The van der Waals surface area contributed by atoms with Crippen molar-refractivity contribution in [3.8, 4) is 5.88 Å². The number of anilines is 2. The van der Waals surface area contributed by atoms with Crippen LogP contribution in [0.5, 0.6) is 5.88 Å². The van der Waals surface area contributed by atoms with E-state index in [-0.39, 0.29) is 41.6 Å². The van der Waals surface area contributed by atoms with Crippen LogP contribution in [0.25, 0.3) is 0 Å². The molecule has 0 aliphatic rings. The summed E-state index contributed by atoms with van der Waals surface area (Å²) in [6.45, 7) is 1.86. The lowest BCUT2D eigenvalue weighted by atomic mass is 10.5. The zero-order chi connectivity index (χ0) is 22.0. The van der Waals surface area contributed by atoms with Crippen molar-refractivity contribution in [1.29, 1.82) is 0 Å². The molecule has 0 unspecified atom stereocenters. The number of imidazole rings is 3. The molecule has 0 aliphatic carbocycles. The zero-order valence-corrected chi connectivity index (χ0v) is 16.7. The van der Waals surface area contributed by atoms with E-state index in [0.717, 1.165) is 0 Å². The highest BCUT2D eigenvalue weighted by atomic mass is 16.5. The van der Waals surface area contributed by atoms with Gasteiger partial charge in [-0.05, 0) is 6.92 Å². The lowest BCUT2D eigenvalue weighted by Crippen LogP contribution is -2.17. The lowest BCUT2D eigenvalue weighted by molar-refractivity contribution is 0.0505. The number of carbonyl (C=O) groups is 3. The first-order valence-electron chi connectivity index (χ1n) is 8.75. The molecule has 3 N–H and O–H groups in total. The molecule has 0 saturated heterocycles. The van der Waals surface area contributed by atoms with Crippen LogP contribution in [0.15, 0.2) is 18.6 Å². The Kier molecular flexibility index (Phi) is 5.53. The number of ether oxygens (including phenoxy) is 2. The molecule has 3 aromatic rings. The molecule has 0 fully saturated rings. The predicted octanol–water partition coefficient (Wildman–Crippen LogP) is 0.118. The Bertz CT molecular complexity index is 1130. The highest BCUT2D eigenvalue weighted by molar-refractivity contribution is 6.02. The molecule has 13 nitrogen and oxygen atoms in total. The maximum atomic E-state index is 12.5. The van der Waals surface area contributed by atoms with Crippen LogP contribution in [-0.4, -0.2) is 53.1 Å². The molecule has 3 aromatic heterocycles. The van der Waals surface area contributed by atoms with Crippen LogP contribution in [0.4, 0.5) is 11.6 Å². The summed E-state index contributed by atoms with van der Waals surface area (Å²) >= 11 is 0. The second-order valence-electron chi connectivity index (χ2n) is 6.24. The Morgan fingerprint density at radius 1 is 0.933 bits per heavy atom. The maximum Gasteiger partial charge on any atom is 0.381 e. The van der Waals surface area contributed by atoms with Gasteiger partial charge in [0.05, 0.1) is 12.8 Å². The van der Waals surface area contributed by atoms with Crippen LogP contribution in [0.1, 0.15) is 38.8 Å². The van der Waals surface area contributed by atoms with E-state index in [1.807, 2.05) is 0 Å². The van der Waals surface area contributed by atoms with E-state index >= 15 is 0 Å². The van der Waals surface area contributed by atoms with Crippen LogP contribution in [-0.2, 0) is 25.9 Å². The number of hydrogen-bond donors (Lipinski definition) is 2.